The van der Waals surface area contributed by atoms with E-state index in [4.69, 9.17) is 9.47 Å². The second-order valence-corrected chi connectivity index (χ2v) is 9.25. The summed E-state index contributed by atoms with van der Waals surface area (Å²) in [7, 11) is 0. The molecule has 0 N–H and O–H groups in total. The third kappa shape index (κ3) is 4.33. The molecule has 1 aliphatic heterocycles. The van der Waals surface area contributed by atoms with Crippen LogP contribution < -0.4 is 9.47 Å². The average Bonchev–Trinajstić information content (AvgIpc) is 3.37. The Hall–Kier alpha value is -3.52. The molecular weight excluding hydrogens is 448 g/mol. The highest BCUT2D eigenvalue weighted by Crippen LogP contribution is 2.32. The standard InChI is InChI=1S/C26H26N4O3S/c1-17-13-22(18(2)29(17)14-21-15-32-24-11-7-8-12-25(24)33-21)23(31)16-34-26-28-27-19(3)30(26)20-9-5-4-6-10-20/h4-13,21H,14-16H2,1-3H3. The van der Waals surface area contributed by atoms with Crippen molar-refractivity contribution in [2.24, 2.45) is 0 Å². The van der Waals surface area contributed by atoms with Crippen LogP contribution in [-0.2, 0) is 6.54 Å². The van der Waals surface area contributed by atoms with E-state index in [-0.39, 0.29) is 17.6 Å². The summed E-state index contributed by atoms with van der Waals surface area (Å²) in [5.41, 5.74) is 3.67. The topological polar surface area (TPSA) is 71.2 Å². The van der Waals surface area contributed by atoms with Gasteiger partial charge in [0.15, 0.2) is 28.5 Å². The first-order valence-electron chi connectivity index (χ1n) is 11.2. The van der Waals surface area contributed by atoms with Crippen molar-refractivity contribution in [1.29, 1.82) is 0 Å². The zero-order chi connectivity index (χ0) is 23.7. The van der Waals surface area contributed by atoms with Crippen molar-refractivity contribution >= 4 is 17.5 Å². The van der Waals surface area contributed by atoms with Crippen molar-refractivity contribution in [2.75, 3.05) is 12.4 Å². The van der Waals surface area contributed by atoms with Gasteiger partial charge in [-0.25, -0.2) is 0 Å². The molecule has 0 spiro atoms. The Morgan fingerprint density at radius 3 is 2.56 bits per heavy atom. The highest BCUT2D eigenvalue weighted by Gasteiger charge is 2.24. The summed E-state index contributed by atoms with van der Waals surface area (Å²) in [5.74, 6) is 2.66. The van der Waals surface area contributed by atoms with Gasteiger partial charge in [-0.15, -0.1) is 10.2 Å². The van der Waals surface area contributed by atoms with E-state index in [0.717, 1.165) is 40.0 Å². The van der Waals surface area contributed by atoms with Gasteiger partial charge in [0.2, 0.25) is 0 Å². The predicted molar refractivity (Wildman–Crippen MR) is 131 cm³/mol. The maximum Gasteiger partial charge on any atom is 0.196 e. The van der Waals surface area contributed by atoms with Gasteiger partial charge in [0.25, 0.3) is 0 Å². The summed E-state index contributed by atoms with van der Waals surface area (Å²) < 4.78 is 16.1. The van der Waals surface area contributed by atoms with E-state index in [9.17, 15) is 4.79 Å². The number of benzene rings is 2. The fraction of sp³-hybridized carbons (Fsp3) is 0.269. The number of ether oxygens (including phenoxy) is 2. The number of Topliss-reactive ketones (excluding diaryl/α,β-unsaturated/α-hetero) is 1. The van der Waals surface area contributed by atoms with Crippen LogP contribution in [-0.4, -0.2) is 43.6 Å². The predicted octanol–water partition coefficient (Wildman–Crippen LogP) is 4.81. The van der Waals surface area contributed by atoms with E-state index in [0.29, 0.717) is 18.3 Å². The van der Waals surface area contributed by atoms with E-state index in [1.807, 2.05) is 86.0 Å². The van der Waals surface area contributed by atoms with E-state index in [2.05, 4.69) is 14.8 Å². The van der Waals surface area contributed by atoms with Crippen molar-refractivity contribution in [2.45, 2.75) is 38.6 Å². The number of carbonyl (C=O) groups excluding carboxylic acids is 1. The third-order valence-corrected chi connectivity index (χ3v) is 6.90. The summed E-state index contributed by atoms with van der Waals surface area (Å²) in [6, 6.07) is 19.6. The molecule has 34 heavy (non-hydrogen) atoms. The molecule has 3 heterocycles. The second-order valence-electron chi connectivity index (χ2n) is 8.31. The molecule has 1 aliphatic rings. The molecule has 0 saturated carbocycles. The number of rotatable bonds is 7. The zero-order valence-electron chi connectivity index (χ0n) is 19.4. The first-order chi connectivity index (χ1) is 16.5. The molecule has 1 atom stereocenters. The van der Waals surface area contributed by atoms with Crippen molar-refractivity contribution in [1.82, 2.24) is 19.3 Å². The van der Waals surface area contributed by atoms with Crippen LogP contribution in [0.5, 0.6) is 11.5 Å². The largest absolute Gasteiger partial charge is 0.486 e. The Labute approximate surface area is 202 Å². The number of para-hydroxylation sites is 3. The summed E-state index contributed by atoms with van der Waals surface area (Å²) in [5, 5.41) is 9.20. The highest BCUT2D eigenvalue weighted by molar-refractivity contribution is 7.99. The second kappa shape index (κ2) is 9.38. The molecule has 8 heteroatoms. The fourth-order valence-electron chi connectivity index (χ4n) is 4.24. The quantitative estimate of drug-likeness (QED) is 0.283. The number of carbonyl (C=O) groups is 1. The summed E-state index contributed by atoms with van der Waals surface area (Å²) >= 11 is 1.40. The molecule has 0 saturated heterocycles. The maximum atomic E-state index is 13.2. The summed E-state index contributed by atoms with van der Waals surface area (Å²) in [4.78, 5) is 13.2. The molecule has 0 radical (unpaired) electrons. The van der Waals surface area contributed by atoms with E-state index in [1.54, 1.807) is 0 Å². The fourth-order valence-corrected chi connectivity index (χ4v) is 5.12. The molecule has 5 rings (SSSR count). The first-order valence-corrected chi connectivity index (χ1v) is 12.2. The number of ketones is 1. The lowest BCUT2D eigenvalue weighted by atomic mass is 10.2. The Kier molecular flexibility index (Phi) is 6.15. The minimum atomic E-state index is -0.121. The van der Waals surface area contributed by atoms with Gasteiger partial charge in [0.1, 0.15) is 12.4 Å². The normalized spacial score (nSPS) is 14.9. The van der Waals surface area contributed by atoms with Crippen LogP contribution in [0, 0.1) is 20.8 Å². The monoisotopic (exact) mass is 474 g/mol. The van der Waals surface area contributed by atoms with Crippen LogP contribution in [0.15, 0.2) is 65.8 Å². The molecule has 1 unspecified atom stereocenters. The summed E-state index contributed by atoms with van der Waals surface area (Å²) in [6.45, 7) is 7.01. The minimum Gasteiger partial charge on any atom is -0.486 e. The molecular formula is C26H26N4O3S. The molecule has 0 fully saturated rings. The maximum absolute atomic E-state index is 13.2. The molecule has 4 aromatic rings. The third-order valence-electron chi connectivity index (χ3n) is 5.97. The zero-order valence-corrected chi connectivity index (χ0v) is 20.2. The van der Waals surface area contributed by atoms with Crippen molar-refractivity contribution in [3.05, 3.63) is 83.4 Å². The number of thioether (sulfide) groups is 1. The number of fused-ring (bicyclic) bond motifs is 1. The molecule has 2 aromatic heterocycles. The van der Waals surface area contributed by atoms with Gasteiger partial charge in [-0.05, 0) is 51.1 Å². The lowest BCUT2D eigenvalue weighted by Gasteiger charge is -2.27. The number of hydrogen-bond donors (Lipinski definition) is 0. The smallest absolute Gasteiger partial charge is 0.196 e. The van der Waals surface area contributed by atoms with Crippen LogP contribution in [0.4, 0.5) is 0 Å². The van der Waals surface area contributed by atoms with Crippen LogP contribution in [0.3, 0.4) is 0 Å². The lowest BCUT2D eigenvalue weighted by molar-refractivity contribution is 0.0777. The van der Waals surface area contributed by atoms with E-state index < -0.39 is 0 Å². The number of hydrogen-bond acceptors (Lipinski definition) is 6. The molecule has 7 nitrogen and oxygen atoms in total. The van der Waals surface area contributed by atoms with Gasteiger partial charge >= 0.3 is 0 Å². The average molecular weight is 475 g/mol. The van der Waals surface area contributed by atoms with E-state index >= 15 is 0 Å². The molecule has 0 aliphatic carbocycles. The Balaban J connectivity index is 1.29. The number of aromatic nitrogens is 4. The van der Waals surface area contributed by atoms with Crippen molar-refractivity contribution in [3.8, 4) is 17.2 Å². The summed E-state index contributed by atoms with van der Waals surface area (Å²) in [6.07, 6.45) is -0.121. The van der Waals surface area contributed by atoms with Crippen LogP contribution >= 0.6 is 11.8 Å². The molecule has 2 aromatic carbocycles. The Morgan fingerprint density at radius 2 is 1.76 bits per heavy atom. The van der Waals surface area contributed by atoms with E-state index in [1.165, 1.54) is 11.8 Å². The van der Waals surface area contributed by atoms with Gasteiger partial charge in [-0.1, -0.05) is 42.1 Å². The Morgan fingerprint density at radius 1 is 1.03 bits per heavy atom. The minimum absolute atomic E-state index is 0.0655. The molecule has 0 bridgehead atoms. The lowest BCUT2D eigenvalue weighted by Crippen LogP contribution is -2.33. The van der Waals surface area contributed by atoms with Crippen LogP contribution in [0.2, 0.25) is 0 Å². The van der Waals surface area contributed by atoms with Gasteiger partial charge < -0.3 is 14.0 Å². The van der Waals surface area contributed by atoms with Gasteiger partial charge in [0.05, 0.1) is 12.3 Å². The van der Waals surface area contributed by atoms with Crippen LogP contribution in [0.1, 0.15) is 27.6 Å². The Bertz CT molecular complexity index is 1330. The van der Waals surface area contributed by atoms with Gasteiger partial charge in [-0.3, -0.25) is 9.36 Å². The van der Waals surface area contributed by atoms with Crippen molar-refractivity contribution < 1.29 is 14.3 Å². The number of aryl methyl sites for hydroxylation is 2. The first kappa shape index (κ1) is 22.3. The number of nitrogens with zero attached hydrogens (tertiary/aromatic N) is 4. The highest BCUT2D eigenvalue weighted by atomic mass is 32.2. The van der Waals surface area contributed by atoms with Crippen molar-refractivity contribution in [3.63, 3.8) is 0 Å². The van der Waals surface area contributed by atoms with Crippen LogP contribution in [0.25, 0.3) is 5.69 Å². The molecule has 174 valence electrons. The SMILES string of the molecule is Cc1cc(C(=O)CSc2nnc(C)n2-c2ccccc2)c(C)n1CC1COc2ccccc2O1. The molecule has 0 amide bonds. The van der Waals surface area contributed by atoms with Gasteiger partial charge in [-0.2, -0.15) is 0 Å². The van der Waals surface area contributed by atoms with Gasteiger partial charge in [0, 0.05) is 22.6 Å².